The van der Waals surface area contributed by atoms with E-state index in [-0.39, 0.29) is 0 Å². The van der Waals surface area contributed by atoms with E-state index in [1.54, 1.807) is 0 Å². The van der Waals surface area contributed by atoms with Crippen molar-refractivity contribution in [2.75, 3.05) is 0 Å². The molecule has 8 aromatic carbocycles. The second-order valence-electron chi connectivity index (χ2n) is 13.7. The van der Waals surface area contributed by atoms with Crippen LogP contribution in [-0.4, -0.2) is 19.1 Å². The number of rotatable bonds is 3. The molecule has 3 aromatic heterocycles. The molecule has 0 aliphatic heterocycles. The highest BCUT2D eigenvalue weighted by Crippen LogP contribution is 2.54. The van der Waals surface area contributed by atoms with Crippen molar-refractivity contribution >= 4 is 65.4 Å². The van der Waals surface area contributed by atoms with Gasteiger partial charge in [-0.05, 0) is 58.7 Å². The van der Waals surface area contributed by atoms with Crippen LogP contribution in [0.2, 0.25) is 0 Å². The third-order valence-corrected chi connectivity index (χ3v) is 11.0. The Hall–Kier alpha value is -7.04. The van der Waals surface area contributed by atoms with E-state index < -0.39 is 0 Å². The standard InChI is InChI=1S/C48H28N4/c1-3-15-29(16-4-1)45-48(50-38-26-11-10-25-37(38)49-45)52-40-28-14-23-34-32-20-8-7-19-31(32)33-22-13-24-36-41(33)44(42(34)40)47(52)43-35-21-9-12-27-39(35)51(46(36)43)30-17-5-2-6-18-30/h1-28H. The average molecular weight is 661 g/mol. The van der Waals surface area contributed by atoms with Crippen molar-refractivity contribution in [3.63, 3.8) is 0 Å². The Kier molecular flexibility index (Phi) is 5.47. The van der Waals surface area contributed by atoms with Crippen LogP contribution in [0.25, 0.3) is 110 Å². The van der Waals surface area contributed by atoms with E-state index in [0.717, 1.165) is 44.8 Å². The number of hydrogen-bond acceptors (Lipinski definition) is 2. The van der Waals surface area contributed by atoms with E-state index in [2.05, 4.69) is 167 Å². The Morgan fingerprint density at radius 1 is 0.346 bits per heavy atom. The van der Waals surface area contributed by atoms with Crippen molar-refractivity contribution in [1.82, 2.24) is 19.1 Å². The summed E-state index contributed by atoms with van der Waals surface area (Å²) in [5, 5.41) is 7.41. The topological polar surface area (TPSA) is 35.6 Å². The van der Waals surface area contributed by atoms with Gasteiger partial charge in [-0.15, -0.1) is 0 Å². The normalized spacial score (nSPS) is 12.2. The van der Waals surface area contributed by atoms with Crippen LogP contribution in [0.1, 0.15) is 0 Å². The molecule has 0 atom stereocenters. The molecule has 52 heavy (non-hydrogen) atoms. The summed E-state index contributed by atoms with van der Waals surface area (Å²) >= 11 is 0. The summed E-state index contributed by atoms with van der Waals surface area (Å²) in [4.78, 5) is 10.9. The molecule has 12 rings (SSSR count). The molecule has 1 aliphatic carbocycles. The monoisotopic (exact) mass is 660 g/mol. The highest BCUT2D eigenvalue weighted by molar-refractivity contribution is 6.41. The van der Waals surface area contributed by atoms with Crippen molar-refractivity contribution in [2.45, 2.75) is 0 Å². The van der Waals surface area contributed by atoms with Gasteiger partial charge in [-0.3, -0.25) is 4.57 Å². The van der Waals surface area contributed by atoms with Gasteiger partial charge in [-0.25, -0.2) is 9.97 Å². The molecule has 240 valence electrons. The Labute approximate surface area is 298 Å². The lowest BCUT2D eigenvalue weighted by Crippen LogP contribution is -2.04. The molecule has 1 aliphatic rings. The molecule has 0 N–H and O–H groups in total. The molecule has 0 saturated carbocycles. The molecule has 0 spiro atoms. The molecule has 11 aromatic rings. The highest BCUT2D eigenvalue weighted by atomic mass is 15.1. The fourth-order valence-corrected chi connectivity index (χ4v) is 8.98. The third kappa shape index (κ3) is 3.55. The van der Waals surface area contributed by atoms with Gasteiger partial charge in [0, 0.05) is 43.6 Å². The number of benzene rings is 8. The molecule has 4 nitrogen and oxygen atoms in total. The maximum absolute atomic E-state index is 5.53. The van der Waals surface area contributed by atoms with Gasteiger partial charge in [0.15, 0.2) is 5.82 Å². The summed E-state index contributed by atoms with van der Waals surface area (Å²) in [6.45, 7) is 0. The van der Waals surface area contributed by atoms with Crippen LogP contribution in [0.4, 0.5) is 0 Å². The van der Waals surface area contributed by atoms with E-state index in [1.165, 1.54) is 65.6 Å². The second kappa shape index (κ2) is 10.3. The van der Waals surface area contributed by atoms with Crippen molar-refractivity contribution in [3.8, 4) is 45.0 Å². The molecule has 0 saturated heterocycles. The zero-order chi connectivity index (χ0) is 33.9. The minimum Gasteiger partial charge on any atom is -0.309 e. The number of fused-ring (bicyclic) bond motifs is 9. The lowest BCUT2D eigenvalue weighted by atomic mass is 9.92. The molecule has 0 bridgehead atoms. The SMILES string of the molecule is c1ccc(-c2nc3ccccc3nc2-n2c3cccc4c3c3c5c(cccc5c5c(c6ccccc6n5-c5ccccc5)c32)-c2ccccc2-4)cc1. The van der Waals surface area contributed by atoms with Gasteiger partial charge < -0.3 is 4.57 Å². The number of hydrogen-bond donors (Lipinski definition) is 0. The lowest BCUT2D eigenvalue weighted by molar-refractivity contribution is 1.08. The Morgan fingerprint density at radius 2 is 0.923 bits per heavy atom. The zero-order valence-corrected chi connectivity index (χ0v) is 28.0. The third-order valence-electron chi connectivity index (χ3n) is 11.0. The van der Waals surface area contributed by atoms with Gasteiger partial charge in [0.05, 0.1) is 33.1 Å². The summed E-state index contributed by atoms with van der Waals surface area (Å²) in [6.07, 6.45) is 0. The number of aromatic nitrogens is 4. The quantitative estimate of drug-likeness (QED) is 0.189. The number of nitrogens with zero attached hydrogens (tertiary/aromatic N) is 4. The maximum Gasteiger partial charge on any atom is 0.165 e. The molecule has 0 amide bonds. The van der Waals surface area contributed by atoms with E-state index >= 15 is 0 Å². The van der Waals surface area contributed by atoms with Crippen molar-refractivity contribution in [2.24, 2.45) is 0 Å². The van der Waals surface area contributed by atoms with Crippen molar-refractivity contribution < 1.29 is 0 Å². The van der Waals surface area contributed by atoms with Crippen LogP contribution in [0.15, 0.2) is 170 Å². The van der Waals surface area contributed by atoms with E-state index in [4.69, 9.17) is 9.97 Å². The van der Waals surface area contributed by atoms with Crippen molar-refractivity contribution in [1.29, 1.82) is 0 Å². The van der Waals surface area contributed by atoms with Crippen LogP contribution >= 0.6 is 0 Å². The first-order valence-corrected chi connectivity index (χ1v) is 17.8. The molecule has 4 heteroatoms. The highest BCUT2D eigenvalue weighted by Gasteiger charge is 2.31. The summed E-state index contributed by atoms with van der Waals surface area (Å²) in [5.74, 6) is 0.825. The molecular weight excluding hydrogens is 633 g/mol. The molecule has 0 radical (unpaired) electrons. The summed E-state index contributed by atoms with van der Waals surface area (Å²) in [7, 11) is 0. The minimum absolute atomic E-state index is 0.825. The molecule has 0 unspecified atom stereocenters. The fraction of sp³-hybridized carbons (Fsp3) is 0. The summed E-state index contributed by atoms with van der Waals surface area (Å²) in [5.41, 5.74) is 14.4. The van der Waals surface area contributed by atoms with Gasteiger partial charge in [-0.1, -0.05) is 133 Å². The van der Waals surface area contributed by atoms with Crippen molar-refractivity contribution in [3.05, 3.63) is 170 Å². The fourth-order valence-electron chi connectivity index (χ4n) is 8.98. The summed E-state index contributed by atoms with van der Waals surface area (Å²) in [6, 6.07) is 60.9. The van der Waals surface area contributed by atoms with E-state index in [1.807, 2.05) is 12.1 Å². The van der Waals surface area contributed by atoms with Crippen LogP contribution in [0, 0.1) is 0 Å². The first-order valence-electron chi connectivity index (χ1n) is 17.8. The van der Waals surface area contributed by atoms with E-state index in [0.29, 0.717) is 0 Å². The van der Waals surface area contributed by atoms with Crippen LogP contribution in [-0.2, 0) is 0 Å². The average Bonchev–Trinajstić information content (AvgIpc) is 3.70. The Morgan fingerprint density at radius 3 is 1.71 bits per heavy atom. The van der Waals surface area contributed by atoms with E-state index in [9.17, 15) is 0 Å². The second-order valence-corrected chi connectivity index (χ2v) is 13.7. The lowest BCUT2D eigenvalue weighted by Gasteiger charge is -2.17. The molecule has 3 heterocycles. The van der Waals surface area contributed by atoms with Gasteiger partial charge >= 0.3 is 0 Å². The molecule has 0 fully saturated rings. The molecular formula is C48H28N4. The summed E-state index contributed by atoms with van der Waals surface area (Å²) < 4.78 is 4.90. The maximum atomic E-state index is 5.53. The van der Waals surface area contributed by atoms with Gasteiger partial charge in [0.1, 0.15) is 5.69 Å². The van der Waals surface area contributed by atoms with Gasteiger partial charge in [-0.2, -0.15) is 0 Å². The zero-order valence-electron chi connectivity index (χ0n) is 28.0. The largest absolute Gasteiger partial charge is 0.309 e. The number of para-hydroxylation sites is 4. The van der Waals surface area contributed by atoms with Crippen LogP contribution in [0.3, 0.4) is 0 Å². The Balaban J connectivity index is 1.43. The predicted octanol–water partition coefficient (Wildman–Crippen LogP) is 12.3. The predicted molar refractivity (Wildman–Crippen MR) is 216 cm³/mol. The van der Waals surface area contributed by atoms with Gasteiger partial charge in [0.2, 0.25) is 0 Å². The first kappa shape index (κ1) is 27.7. The minimum atomic E-state index is 0.825. The van der Waals surface area contributed by atoms with Crippen LogP contribution in [0.5, 0.6) is 0 Å². The smallest absolute Gasteiger partial charge is 0.165 e. The Bertz CT molecular complexity index is 3280. The van der Waals surface area contributed by atoms with Gasteiger partial charge in [0.25, 0.3) is 0 Å². The first-order chi connectivity index (χ1) is 25.8. The van der Waals surface area contributed by atoms with Crippen LogP contribution < -0.4 is 0 Å².